The SMILES string of the molecule is CC(=O)N1CCC2(CC1)c1cc(C#CC(OC(CO)[C@H](C)O)C(O)CO)ccc1-c1ccc(C#CC3OC(CO)[C@@H](O)C(O)C3O)cc12. The zero-order valence-electron chi connectivity index (χ0n) is 26.9. The topological polar surface area (TPSA) is 201 Å². The Labute approximate surface area is 279 Å². The van der Waals surface area contributed by atoms with Crippen molar-refractivity contribution in [3.63, 3.8) is 0 Å². The summed E-state index contributed by atoms with van der Waals surface area (Å²) >= 11 is 0. The molecule has 9 atom stereocenters. The highest BCUT2D eigenvalue weighted by atomic mass is 16.5. The highest BCUT2D eigenvalue weighted by Crippen LogP contribution is 2.54. The van der Waals surface area contributed by atoms with Crippen molar-refractivity contribution in [1.82, 2.24) is 4.90 Å². The zero-order valence-corrected chi connectivity index (χ0v) is 26.9. The first-order chi connectivity index (χ1) is 22.9. The van der Waals surface area contributed by atoms with Gasteiger partial charge in [-0.1, -0.05) is 35.8 Å². The largest absolute Gasteiger partial charge is 0.394 e. The third-order valence-corrected chi connectivity index (χ3v) is 9.61. The van der Waals surface area contributed by atoms with Crippen LogP contribution in [0, 0.1) is 23.7 Å². The lowest BCUT2D eigenvalue weighted by molar-refractivity contribution is -0.214. The number of fused-ring (bicyclic) bond motifs is 5. The Hall–Kier alpha value is -3.37. The highest BCUT2D eigenvalue weighted by Gasteiger charge is 2.46. The number of amides is 1. The summed E-state index contributed by atoms with van der Waals surface area (Å²) in [5.41, 5.74) is 4.80. The van der Waals surface area contributed by atoms with Crippen LogP contribution in [0.1, 0.15) is 48.9 Å². The number of ether oxygens (including phenoxy) is 2. The summed E-state index contributed by atoms with van der Waals surface area (Å²) in [5, 5.41) is 79.7. The van der Waals surface area contributed by atoms with E-state index in [4.69, 9.17) is 9.47 Å². The fourth-order valence-corrected chi connectivity index (χ4v) is 6.74. The number of carbonyl (C=O) groups is 1. The fraction of sp³-hybridized carbons (Fsp3) is 0.528. The van der Waals surface area contributed by atoms with Crippen molar-refractivity contribution < 1.29 is 55.1 Å². The van der Waals surface area contributed by atoms with Gasteiger partial charge in [-0.25, -0.2) is 0 Å². The number of aliphatic hydroxyl groups is 8. The van der Waals surface area contributed by atoms with Crippen LogP contribution in [0.25, 0.3) is 11.1 Å². The van der Waals surface area contributed by atoms with E-state index in [1.807, 2.05) is 41.3 Å². The molecule has 5 rings (SSSR count). The van der Waals surface area contributed by atoms with Crippen LogP contribution in [0.15, 0.2) is 36.4 Å². The lowest BCUT2D eigenvalue weighted by atomic mass is 9.70. The molecule has 2 fully saturated rings. The Kier molecular flexibility index (Phi) is 11.2. The molecule has 2 saturated heterocycles. The average molecular weight is 666 g/mol. The molecule has 1 amide bonds. The molecule has 1 spiro atoms. The summed E-state index contributed by atoms with van der Waals surface area (Å²) in [6, 6.07) is 11.6. The molecule has 258 valence electrons. The van der Waals surface area contributed by atoms with Crippen molar-refractivity contribution in [1.29, 1.82) is 0 Å². The molecule has 2 aromatic rings. The maximum absolute atomic E-state index is 12.2. The van der Waals surface area contributed by atoms with Crippen molar-refractivity contribution in [2.45, 2.75) is 87.0 Å². The third kappa shape index (κ3) is 7.01. The van der Waals surface area contributed by atoms with Gasteiger partial charge in [-0.05, 0) is 66.3 Å². The molecule has 7 unspecified atom stereocenters. The van der Waals surface area contributed by atoms with Crippen LogP contribution in [-0.4, -0.2) is 140 Å². The van der Waals surface area contributed by atoms with Crippen LogP contribution in [0.3, 0.4) is 0 Å². The fourth-order valence-electron chi connectivity index (χ4n) is 6.74. The number of rotatable bonds is 7. The van der Waals surface area contributed by atoms with Gasteiger partial charge in [0.1, 0.15) is 48.8 Å². The van der Waals surface area contributed by atoms with E-state index >= 15 is 0 Å². The normalized spacial score (nSPS) is 26.6. The van der Waals surface area contributed by atoms with E-state index < -0.39 is 80.2 Å². The monoisotopic (exact) mass is 665 g/mol. The summed E-state index contributed by atoms with van der Waals surface area (Å²) in [7, 11) is 0. The Morgan fingerprint density at radius 1 is 0.938 bits per heavy atom. The highest BCUT2D eigenvalue weighted by molar-refractivity contribution is 5.83. The molecule has 2 heterocycles. The van der Waals surface area contributed by atoms with Crippen LogP contribution in [0.4, 0.5) is 0 Å². The minimum absolute atomic E-state index is 0.00563. The van der Waals surface area contributed by atoms with E-state index in [0.717, 1.165) is 22.3 Å². The van der Waals surface area contributed by atoms with Crippen molar-refractivity contribution in [3.05, 3.63) is 58.7 Å². The minimum atomic E-state index is -1.53. The van der Waals surface area contributed by atoms with Crippen molar-refractivity contribution in [2.24, 2.45) is 0 Å². The van der Waals surface area contributed by atoms with Crippen molar-refractivity contribution in [2.75, 3.05) is 32.9 Å². The van der Waals surface area contributed by atoms with Gasteiger partial charge in [0, 0.05) is 36.6 Å². The second kappa shape index (κ2) is 15.0. The summed E-state index contributed by atoms with van der Waals surface area (Å²) < 4.78 is 11.2. The van der Waals surface area contributed by atoms with E-state index in [1.54, 1.807) is 6.92 Å². The number of carbonyl (C=O) groups excluding carboxylic acids is 1. The first kappa shape index (κ1) is 35.9. The lowest BCUT2D eigenvalue weighted by Crippen LogP contribution is -2.58. The molecule has 0 radical (unpaired) electrons. The first-order valence-electron chi connectivity index (χ1n) is 16.1. The first-order valence-corrected chi connectivity index (χ1v) is 16.1. The molecule has 48 heavy (non-hydrogen) atoms. The summed E-state index contributed by atoms with van der Waals surface area (Å²) in [6.07, 6.45) is -9.99. The molecule has 0 saturated carbocycles. The molecule has 8 N–H and O–H groups in total. The van der Waals surface area contributed by atoms with Gasteiger partial charge >= 0.3 is 0 Å². The Balaban J connectivity index is 1.50. The molecule has 2 aliphatic heterocycles. The second-order valence-electron chi connectivity index (χ2n) is 12.7. The molecular formula is C36H43NO11. The van der Waals surface area contributed by atoms with Crippen LogP contribution in [0.5, 0.6) is 0 Å². The van der Waals surface area contributed by atoms with Gasteiger partial charge in [-0.2, -0.15) is 0 Å². The van der Waals surface area contributed by atoms with Crippen LogP contribution < -0.4 is 0 Å². The third-order valence-electron chi connectivity index (χ3n) is 9.61. The number of aliphatic hydroxyl groups excluding tert-OH is 8. The summed E-state index contributed by atoms with van der Waals surface area (Å²) in [6.45, 7) is 2.38. The number of hydrogen-bond donors (Lipinski definition) is 8. The number of piperidine rings is 1. The van der Waals surface area contributed by atoms with Gasteiger partial charge in [-0.3, -0.25) is 4.79 Å². The smallest absolute Gasteiger partial charge is 0.219 e. The Morgan fingerprint density at radius 2 is 1.54 bits per heavy atom. The van der Waals surface area contributed by atoms with Crippen LogP contribution >= 0.6 is 0 Å². The van der Waals surface area contributed by atoms with E-state index in [9.17, 15) is 45.6 Å². The van der Waals surface area contributed by atoms with Gasteiger partial charge < -0.3 is 55.2 Å². The van der Waals surface area contributed by atoms with E-state index in [0.29, 0.717) is 37.1 Å². The lowest BCUT2D eigenvalue weighted by Gasteiger charge is -2.40. The maximum atomic E-state index is 12.2. The van der Waals surface area contributed by atoms with Crippen LogP contribution in [-0.2, 0) is 19.7 Å². The van der Waals surface area contributed by atoms with E-state index in [-0.39, 0.29) is 5.91 Å². The standard InChI is InChI=1S/C36H43NO11/c1-20(41)31(18-39)47-29(28(43)17-38)9-5-22-3-7-24-25-8-4-23(6-10-30-33(44)35(46)34(45)32(19-40)48-30)16-27(25)36(26(24)15-22)11-13-37(14-12-36)21(2)42/h3-4,7-8,15-16,20,28-35,38-41,43-46H,11-14,17-19H2,1-2H3/t20-,28?,29?,30?,31?,32?,33?,34+,35?/m0/s1. The van der Waals surface area contributed by atoms with Gasteiger partial charge in [0.2, 0.25) is 5.91 Å². The quantitative estimate of drug-likeness (QED) is 0.162. The second-order valence-corrected chi connectivity index (χ2v) is 12.7. The number of likely N-dealkylation sites (tertiary alicyclic amines) is 1. The molecular weight excluding hydrogens is 622 g/mol. The number of benzene rings is 2. The van der Waals surface area contributed by atoms with Gasteiger partial charge in [0.05, 0.1) is 25.9 Å². The Bertz CT molecular complexity index is 1590. The molecule has 1 aliphatic carbocycles. The molecule has 0 aromatic heterocycles. The Morgan fingerprint density at radius 3 is 2.06 bits per heavy atom. The van der Waals surface area contributed by atoms with Crippen molar-refractivity contribution >= 4 is 5.91 Å². The molecule has 12 nitrogen and oxygen atoms in total. The molecule has 3 aliphatic rings. The van der Waals surface area contributed by atoms with Gasteiger partial charge in [0.15, 0.2) is 0 Å². The molecule has 2 aromatic carbocycles. The van der Waals surface area contributed by atoms with Gasteiger partial charge in [-0.15, -0.1) is 0 Å². The molecule has 0 bridgehead atoms. The predicted octanol–water partition coefficient (Wildman–Crippen LogP) is -1.38. The van der Waals surface area contributed by atoms with E-state index in [2.05, 4.69) is 23.7 Å². The summed E-state index contributed by atoms with van der Waals surface area (Å²) in [5.74, 6) is 11.7. The number of hydrogen-bond acceptors (Lipinski definition) is 11. The van der Waals surface area contributed by atoms with Crippen molar-refractivity contribution in [3.8, 4) is 34.8 Å². The summed E-state index contributed by atoms with van der Waals surface area (Å²) in [4.78, 5) is 14.1. The van der Waals surface area contributed by atoms with Gasteiger partial charge in [0.25, 0.3) is 0 Å². The maximum Gasteiger partial charge on any atom is 0.219 e. The number of nitrogens with zero attached hydrogens (tertiary/aromatic N) is 1. The predicted molar refractivity (Wildman–Crippen MR) is 172 cm³/mol. The zero-order chi connectivity index (χ0) is 34.7. The minimum Gasteiger partial charge on any atom is -0.394 e. The molecule has 12 heteroatoms. The van der Waals surface area contributed by atoms with Crippen LogP contribution in [0.2, 0.25) is 0 Å². The average Bonchev–Trinajstić information content (AvgIpc) is 3.34. The van der Waals surface area contributed by atoms with E-state index in [1.165, 1.54) is 6.92 Å².